The molecule has 2 rings (SSSR count). The molecule has 1 aliphatic heterocycles. The Kier molecular flexibility index (Phi) is 3.10. The molecule has 1 unspecified atom stereocenters. The number of aliphatic hydroxyl groups is 1. The number of likely N-dealkylation sites (tertiary alicyclic amines) is 1. The van der Waals surface area contributed by atoms with Crippen molar-refractivity contribution in [3.05, 3.63) is 0 Å². The molecule has 1 atom stereocenters. The fraction of sp³-hybridized carbons (Fsp3) is 1.00. The molecule has 0 spiro atoms. The summed E-state index contributed by atoms with van der Waals surface area (Å²) in [5.74, 6) is 0. The average molecular weight is 198 g/mol. The van der Waals surface area contributed by atoms with Crippen molar-refractivity contribution in [2.24, 2.45) is 5.73 Å². The Hall–Kier alpha value is -0.120. The predicted octanol–water partition coefficient (Wildman–Crippen LogP) is 0.715. The number of hydrogen-bond donors (Lipinski definition) is 2. The van der Waals surface area contributed by atoms with Gasteiger partial charge >= 0.3 is 0 Å². The van der Waals surface area contributed by atoms with Crippen molar-refractivity contribution < 1.29 is 5.11 Å². The lowest BCUT2D eigenvalue weighted by atomic mass is 10.1. The molecule has 14 heavy (non-hydrogen) atoms. The second-order valence-electron chi connectivity index (χ2n) is 5.01. The van der Waals surface area contributed by atoms with Crippen LogP contribution in [-0.2, 0) is 0 Å². The molecule has 0 aromatic rings. The van der Waals surface area contributed by atoms with E-state index < -0.39 is 0 Å². The average Bonchev–Trinajstić information content (AvgIpc) is 2.90. The molecule has 1 saturated heterocycles. The summed E-state index contributed by atoms with van der Waals surface area (Å²) < 4.78 is 0. The van der Waals surface area contributed by atoms with E-state index in [9.17, 15) is 5.11 Å². The molecule has 2 aliphatic rings. The molecule has 0 aromatic carbocycles. The topological polar surface area (TPSA) is 49.5 Å². The first kappa shape index (κ1) is 10.4. The first-order valence-corrected chi connectivity index (χ1v) is 5.88. The second kappa shape index (κ2) is 4.17. The Morgan fingerprint density at radius 1 is 1.29 bits per heavy atom. The Balaban J connectivity index is 1.69. The van der Waals surface area contributed by atoms with Crippen LogP contribution in [0.2, 0.25) is 0 Å². The highest BCUT2D eigenvalue weighted by Gasteiger charge is 2.39. The maximum atomic E-state index is 9.73. The van der Waals surface area contributed by atoms with E-state index in [4.69, 9.17) is 5.73 Å². The fourth-order valence-electron chi connectivity index (χ4n) is 2.17. The molecule has 3 N–H and O–H groups in total. The van der Waals surface area contributed by atoms with Gasteiger partial charge in [0.25, 0.3) is 0 Å². The van der Waals surface area contributed by atoms with Crippen LogP contribution in [0, 0.1) is 0 Å². The van der Waals surface area contributed by atoms with Crippen LogP contribution in [0.3, 0.4) is 0 Å². The predicted molar refractivity (Wildman–Crippen MR) is 57.1 cm³/mol. The highest BCUT2D eigenvalue weighted by Crippen LogP contribution is 2.38. The molecular weight excluding hydrogens is 176 g/mol. The summed E-state index contributed by atoms with van der Waals surface area (Å²) in [5, 5.41) is 9.73. The second-order valence-corrected chi connectivity index (χ2v) is 5.01. The third-order valence-electron chi connectivity index (χ3n) is 3.59. The van der Waals surface area contributed by atoms with Crippen molar-refractivity contribution in [1.82, 2.24) is 4.90 Å². The normalized spacial score (nSPS) is 32.6. The summed E-state index contributed by atoms with van der Waals surface area (Å²) in [7, 11) is 0. The monoisotopic (exact) mass is 198 g/mol. The van der Waals surface area contributed by atoms with Gasteiger partial charge in [-0.2, -0.15) is 0 Å². The number of nitrogens with two attached hydrogens (primary N) is 1. The van der Waals surface area contributed by atoms with Crippen LogP contribution in [0.4, 0.5) is 0 Å². The lowest BCUT2D eigenvalue weighted by Crippen LogP contribution is -2.30. The summed E-state index contributed by atoms with van der Waals surface area (Å²) in [6.07, 6.45) is 6.50. The first-order valence-electron chi connectivity index (χ1n) is 5.88. The standard InChI is InChI=1S/C11H22N2O/c12-10-2-1-7-13(8-3-10)9-6-11(14)4-5-11/h10,14H,1-9,12H2. The molecule has 1 aliphatic carbocycles. The molecule has 0 amide bonds. The first-order chi connectivity index (χ1) is 6.68. The van der Waals surface area contributed by atoms with Gasteiger partial charge in [0.2, 0.25) is 0 Å². The highest BCUT2D eigenvalue weighted by molar-refractivity contribution is 4.93. The van der Waals surface area contributed by atoms with Gasteiger partial charge in [-0.25, -0.2) is 0 Å². The van der Waals surface area contributed by atoms with Crippen LogP contribution >= 0.6 is 0 Å². The van der Waals surface area contributed by atoms with Crippen LogP contribution in [0.5, 0.6) is 0 Å². The lowest BCUT2D eigenvalue weighted by molar-refractivity contribution is 0.119. The van der Waals surface area contributed by atoms with Crippen LogP contribution in [0.25, 0.3) is 0 Å². The van der Waals surface area contributed by atoms with E-state index in [0.717, 1.165) is 38.8 Å². The lowest BCUT2D eigenvalue weighted by Gasteiger charge is -2.21. The van der Waals surface area contributed by atoms with Gasteiger partial charge in [-0.1, -0.05) is 0 Å². The van der Waals surface area contributed by atoms with E-state index in [1.807, 2.05) is 0 Å². The maximum Gasteiger partial charge on any atom is 0.0662 e. The van der Waals surface area contributed by atoms with Gasteiger partial charge in [0.15, 0.2) is 0 Å². The van der Waals surface area contributed by atoms with Crippen LogP contribution in [0.1, 0.15) is 38.5 Å². The third kappa shape index (κ3) is 2.94. The molecule has 2 fully saturated rings. The van der Waals surface area contributed by atoms with Gasteiger partial charge in [0, 0.05) is 12.6 Å². The summed E-state index contributed by atoms with van der Waals surface area (Å²) in [6.45, 7) is 3.35. The van der Waals surface area contributed by atoms with Crippen LogP contribution in [0.15, 0.2) is 0 Å². The molecule has 1 heterocycles. The van der Waals surface area contributed by atoms with Gasteiger partial charge in [0.05, 0.1) is 5.60 Å². The zero-order chi connectivity index (χ0) is 10.0. The molecule has 0 aromatic heterocycles. The number of rotatable bonds is 3. The van der Waals surface area contributed by atoms with E-state index in [-0.39, 0.29) is 5.60 Å². The van der Waals surface area contributed by atoms with Crippen molar-refractivity contribution in [2.45, 2.75) is 50.2 Å². The summed E-state index contributed by atoms with van der Waals surface area (Å²) in [6, 6.07) is 0.406. The Morgan fingerprint density at radius 2 is 2.07 bits per heavy atom. The largest absolute Gasteiger partial charge is 0.390 e. The van der Waals surface area contributed by atoms with Crippen molar-refractivity contribution in [1.29, 1.82) is 0 Å². The summed E-state index contributed by atoms with van der Waals surface area (Å²) >= 11 is 0. The summed E-state index contributed by atoms with van der Waals surface area (Å²) in [5.41, 5.74) is 5.63. The minimum atomic E-state index is -0.283. The zero-order valence-corrected chi connectivity index (χ0v) is 8.91. The maximum absolute atomic E-state index is 9.73. The van der Waals surface area contributed by atoms with Crippen molar-refractivity contribution in [3.63, 3.8) is 0 Å². The minimum absolute atomic E-state index is 0.283. The Morgan fingerprint density at radius 3 is 2.79 bits per heavy atom. The molecule has 82 valence electrons. The van der Waals surface area contributed by atoms with E-state index in [2.05, 4.69) is 4.90 Å². The zero-order valence-electron chi connectivity index (χ0n) is 8.91. The van der Waals surface area contributed by atoms with Crippen molar-refractivity contribution in [2.75, 3.05) is 19.6 Å². The number of hydrogen-bond acceptors (Lipinski definition) is 3. The van der Waals surface area contributed by atoms with Gasteiger partial charge in [-0.3, -0.25) is 0 Å². The highest BCUT2D eigenvalue weighted by atomic mass is 16.3. The van der Waals surface area contributed by atoms with Gasteiger partial charge in [0.1, 0.15) is 0 Å². The van der Waals surface area contributed by atoms with Gasteiger partial charge in [-0.05, 0) is 51.6 Å². The van der Waals surface area contributed by atoms with Crippen molar-refractivity contribution in [3.8, 4) is 0 Å². The van der Waals surface area contributed by atoms with E-state index >= 15 is 0 Å². The van der Waals surface area contributed by atoms with E-state index in [1.165, 1.54) is 19.4 Å². The van der Waals surface area contributed by atoms with Crippen molar-refractivity contribution >= 4 is 0 Å². The van der Waals surface area contributed by atoms with E-state index in [0.29, 0.717) is 6.04 Å². The molecule has 0 bridgehead atoms. The molecule has 3 heteroatoms. The SMILES string of the molecule is NC1CCCN(CCC2(O)CC2)CC1. The molecule has 0 radical (unpaired) electrons. The Labute approximate surface area is 86.3 Å². The number of nitrogens with zero attached hydrogens (tertiary/aromatic N) is 1. The van der Waals surface area contributed by atoms with Gasteiger partial charge in [-0.15, -0.1) is 0 Å². The third-order valence-corrected chi connectivity index (χ3v) is 3.59. The van der Waals surface area contributed by atoms with Crippen LogP contribution < -0.4 is 5.73 Å². The molecule has 1 saturated carbocycles. The van der Waals surface area contributed by atoms with Crippen LogP contribution in [-0.4, -0.2) is 41.3 Å². The quantitative estimate of drug-likeness (QED) is 0.702. The summed E-state index contributed by atoms with van der Waals surface area (Å²) in [4.78, 5) is 2.46. The smallest absolute Gasteiger partial charge is 0.0662 e. The minimum Gasteiger partial charge on any atom is -0.390 e. The fourth-order valence-corrected chi connectivity index (χ4v) is 2.17. The molecule has 3 nitrogen and oxygen atoms in total. The Bertz CT molecular complexity index is 192. The van der Waals surface area contributed by atoms with Gasteiger partial charge < -0.3 is 15.7 Å². The molecular formula is C11H22N2O. The van der Waals surface area contributed by atoms with E-state index in [1.54, 1.807) is 0 Å².